The number of rotatable bonds is 4. The molecule has 1 aliphatic heterocycles. The number of urea groups is 1. The maximum atomic E-state index is 12.5. The number of anilines is 1. The van der Waals surface area contributed by atoms with Crippen LogP contribution in [0, 0.1) is 0 Å². The monoisotopic (exact) mass is 404 g/mol. The molecule has 1 saturated heterocycles. The highest BCUT2D eigenvalue weighted by Gasteiger charge is 2.54. The van der Waals surface area contributed by atoms with Gasteiger partial charge in [-0.1, -0.05) is 30.3 Å². The second kappa shape index (κ2) is 6.95. The van der Waals surface area contributed by atoms with Gasteiger partial charge in [-0.2, -0.15) is 0 Å². The molecule has 30 heavy (non-hydrogen) atoms. The summed E-state index contributed by atoms with van der Waals surface area (Å²) in [5.41, 5.74) is 4.51. The molecule has 1 fully saturated rings. The van der Waals surface area contributed by atoms with Crippen molar-refractivity contribution in [2.75, 3.05) is 18.9 Å². The summed E-state index contributed by atoms with van der Waals surface area (Å²) in [6.45, 7) is 0.236. The average Bonchev–Trinajstić information content (AvgIpc) is 3.38. The van der Waals surface area contributed by atoms with Crippen LogP contribution in [0.1, 0.15) is 34.7 Å². The minimum atomic E-state index is -0.848. The van der Waals surface area contributed by atoms with Crippen molar-refractivity contribution in [3.63, 3.8) is 0 Å². The van der Waals surface area contributed by atoms with E-state index in [-0.39, 0.29) is 30.4 Å². The highest BCUT2D eigenvalue weighted by molar-refractivity contribution is 6.07. The molecular formula is C23H24N4O3. The molecule has 7 heteroatoms. The summed E-state index contributed by atoms with van der Waals surface area (Å²) < 4.78 is 0. The minimum absolute atomic E-state index is 0.0991. The number of carbonyl (C=O) groups excluding carboxylic acids is 3. The lowest BCUT2D eigenvalue weighted by atomic mass is 9.95. The third-order valence-corrected chi connectivity index (χ3v) is 6.69. The molecule has 1 heterocycles. The quantitative estimate of drug-likeness (QED) is 0.679. The molecule has 2 aromatic carbocycles. The van der Waals surface area contributed by atoms with Crippen LogP contribution in [0.4, 0.5) is 10.5 Å². The number of fused-ring (bicyclic) bond motifs is 2. The molecule has 5 rings (SSSR count). The largest absolute Gasteiger partial charge is 0.325 e. The van der Waals surface area contributed by atoms with E-state index >= 15 is 0 Å². The summed E-state index contributed by atoms with van der Waals surface area (Å²) in [6, 6.07) is 13.9. The molecule has 0 saturated carbocycles. The van der Waals surface area contributed by atoms with Gasteiger partial charge in [0.15, 0.2) is 0 Å². The van der Waals surface area contributed by atoms with Crippen LogP contribution in [0.3, 0.4) is 0 Å². The standard InChI is InChI=1S/C23H24N4O3/c1-27-22(30)26-21(29)23(27)11-15-6-8-17(10-16(15)12-23)25-20(28)13-24-19-9-7-14-4-2-3-5-18(14)19/h2-6,8,10,19,24H,7,9,11-13H2,1H3,(H,25,28)(H,26,29,30)/t19-,23+/m1/s1. The summed E-state index contributed by atoms with van der Waals surface area (Å²) in [4.78, 5) is 38.3. The Hall–Kier alpha value is -3.19. The van der Waals surface area contributed by atoms with E-state index in [1.807, 2.05) is 24.3 Å². The van der Waals surface area contributed by atoms with E-state index in [0.717, 1.165) is 24.0 Å². The minimum Gasteiger partial charge on any atom is -0.325 e. The van der Waals surface area contributed by atoms with E-state index in [4.69, 9.17) is 0 Å². The fourth-order valence-electron chi connectivity index (χ4n) is 4.97. The zero-order valence-electron chi connectivity index (χ0n) is 16.8. The molecule has 3 aliphatic rings. The lowest BCUT2D eigenvalue weighted by molar-refractivity contribution is -0.125. The zero-order chi connectivity index (χ0) is 20.9. The van der Waals surface area contributed by atoms with Gasteiger partial charge in [-0.3, -0.25) is 14.9 Å². The van der Waals surface area contributed by atoms with E-state index < -0.39 is 5.54 Å². The van der Waals surface area contributed by atoms with Gasteiger partial charge in [0, 0.05) is 31.6 Å². The van der Waals surface area contributed by atoms with E-state index in [0.29, 0.717) is 18.5 Å². The van der Waals surface area contributed by atoms with E-state index in [9.17, 15) is 14.4 Å². The number of aryl methyl sites for hydroxylation is 1. The van der Waals surface area contributed by atoms with E-state index in [1.165, 1.54) is 16.0 Å². The molecule has 0 radical (unpaired) electrons. The van der Waals surface area contributed by atoms with Crippen LogP contribution in [0.2, 0.25) is 0 Å². The van der Waals surface area contributed by atoms with Crippen molar-refractivity contribution in [1.82, 2.24) is 15.5 Å². The Morgan fingerprint density at radius 2 is 1.93 bits per heavy atom. The van der Waals surface area contributed by atoms with Crippen molar-refractivity contribution in [2.45, 2.75) is 37.3 Å². The Morgan fingerprint density at radius 1 is 1.13 bits per heavy atom. The molecule has 0 unspecified atom stereocenters. The van der Waals surface area contributed by atoms with Crippen molar-refractivity contribution in [3.05, 3.63) is 64.7 Å². The van der Waals surface area contributed by atoms with Gasteiger partial charge >= 0.3 is 6.03 Å². The number of carbonyl (C=O) groups is 3. The average molecular weight is 404 g/mol. The predicted molar refractivity (Wildman–Crippen MR) is 112 cm³/mol. The molecule has 3 N–H and O–H groups in total. The second-order valence-electron chi connectivity index (χ2n) is 8.41. The van der Waals surface area contributed by atoms with Crippen LogP contribution in [-0.4, -0.2) is 41.9 Å². The third kappa shape index (κ3) is 2.97. The number of imide groups is 1. The second-order valence-corrected chi connectivity index (χ2v) is 8.41. The summed E-state index contributed by atoms with van der Waals surface area (Å²) in [6.07, 6.45) is 2.99. The maximum Gasteiger partial charge on any atom is 0.324 e. The van der Waals surface area contributed by atoms with E-state index in [1.54, 1.807) is 7.05 Å². The van der Waals surface area contributed by atoms with Gasteiger partial charge in [-0.15, -0.1) is 0 Å². The fraction of sp³-hybridized carbons (Fsp3) is 0.348. The van der Waals surface area contributed by atoms with Gasteiger partial charge in [0.1, 0.15) is 5.54 Å². The Labute approximate surface area is 174 Å². The summed E-state index contributed by atoms with van der Waals surface area (Å²) in [7, 11) is 1.65. The van der Waals surface area contributed by atoms with Crippen molar-refractivity contribution in [2.24, 2.45) is 0 Å². The summed E-state index contributed by atoms with van der Waals surface area (Å²) >= 11 is 0. The molecular weight excluding hydrogens is 380 g/mol. The fourth-order valence-corrected chi connectivity index (χ4v) is 4.97. The van der Waals surface area contributed by atoms with Crippen LogP contribution in [0.25, 0.3) is 0 Å². The van der Waals surface area contributed by atoms with Crippen LogP contribution in [0.15, 0.2) is 42.5 Å². The Kier molecular flexibility index (Phi) is 4.36. The number of hydrogen-bond donors (Lipinski definition) is 3. The number of benzene rings is 2. The van der Waals surface area contributed by atoms with Crippen molar-refractivity contribution in [1.29, 1.82) is 0 Å². The number of amides is 4. The highest BCUT2D eigenvalue weighted by atomic mass is 16.2. The zero-order valence-corrected chi connectivity index (χ0v) is 16.8. The van der Waals surface area contributed by atoms with Gasteiger partial charge in [0.25, 0.3) is 5.91 Å². The van der Waals surface area contributed by atoms with Crippen LogP contribution < -0.4 is 16.0 Å². The summed E-state index contributed by atoms with van der Waals surface area (Å²) in [5.74, 6) is -0.351. The molecule has 1 spiro atoms. The molecule has 0 bridgehead atoms. The van der Waals surface area contributed by atoms with Gasteiger partial charge in [0.2, 0.25) is 5.91 Å². The highest BCUT2D eigenvalue weighted by Crippen LogP contribution is 2.38. The molecule has 154 valence electrons. The number of likely N-dealkylation sites (N-methyl/N-ethyl adjacent to an activating group) is 1. The Morgan fingerprint density at radius 3 is 2.73 bits per heavy atom. The number of nitrogens with one attached hydrogen (secondary N) is 3. The maximum absolute atomic E-state index is 12.5. The topological polar surface area (TPSA) is 90.5 Å². The van der Waals surface area contributed by atoms with Gasteiger partial charge in [0.05, 0.1) is 6.54 Å². The predicted octanol–water partition coefficient (Wildman–Crippen LogP) is 1.92. The first-order valence-electron chi connectivity index (χ1n) is 10.3. The molecule has 2 aromatic rings. The molecule has 0 aromatic heterocycles. The normalized spacial score (nSPS) is 24.2. The number of hydrogen-bond acceptors (Lipinski definition) is 4. The van der Waals surface area contributed by atoms with Gasteiger partial charge < -0.3 is 15.5 Å². The van der Waals surface area contributed by atoms with Crippen LogP contribution in [-0.2, 0) is 28.9 Å². The molecule has 2 atom stereocenters. The summed E-state index contributed by atoms with van der Waals surface area (Å²) in [5, 5.41) is 8.71. The first-order chi connectivity index (χ1) is 14.5. The Balaban J connectivity index is 1.23. The van der Waals surface area contributed by atoms with Crippen molar-refractivity contribution < 1.29 is 14.4 Å². The first kappa shape index (κ1) is 18.8. The third-order valence-electron chi connectivity index (χ3n) is 6.69. The molecule has 2 aliphatic carbocycles. The van der Waals surface area contributed by atoms with Crippen molar-refractivity contribution in [3.8, 4) is 0 Å². The van der Waals surface area contributed by atoms with Crippen LogP contribution >= 0.6 is 0 Å². The van der Waals surface area contributed by atoms with Crippen LogP contribution in [0.5, 0.6) is 0 Å². The van der Waals surface area contributed by atoms with Gasteiger partial charge in [-0.25, -0.2) is 4.79 Å². The lowest BCUT2D eigenvalue weighted by Gasteiger charge is -2.27. The van der Waals surface area contributed by atoms with Crippen molar-refractivity contribution >= 4 is 23.5 Å². The Bertz CT molecular complexity index is 1070. The first-order valence-corrected chi connectivity index (χ1v) is 10.3. The molecule has 7 nitrogen and oxygen atoms in total. The van der Waals surface area contributed by atoms with Gasteiger partial charge in [-0.05, 0) is 47.2 Å². The number of nitrogens with zero attached hydrogens (tertiary/aromatic N) is 1. The SMILES string of the molecule is CN1C(=O)NC(=O)[C@@]12Cc1ccc(NC(=O)CN[C@@H]3CCc4ccccc43)cc1C2. The van der Waals surface area contributed by atoms with E-state index in [2.05, 4.69) is 34.1 Å². The smallest absolute Gasteiger partial charge is 0.324 e. The molecule has 4 amide bonds. The lowest BCUT2D eigenvalue weighted by Crippen LogP contribution is -2.48.